The zero-order chi connectivity index (χ0) is 16.6. The van der Waals surface area contributed by atoms with E-state index in [0.717, 1.165) is 6.42 Å². The van der Waals surface area contributed by atoms with Crippen LogP contribution in [0, 0.1) is 0 Å². The maximum atomic E-state index is 12.3. The minimum atomic E-state index is -0.494. The smallest absolute Gasteiger partial charge is 0.251 e. The van der Waals surface area contributed by atoms with Crippen LogP contribution in [0.2, 0.25) is 0 Å². The first kappa shape index (κ1) is 16.7. The van der Waals surface area contributed by atoms with Crippen molar-refractivity contribution in [3.8, 4) is 0 Å². The molecule has 0 aliphatic carbocycles. The van der Waals surface area contributed by atoms with E-state index in [1.165, 1.54) is 11.1 Å². The highest BCUT2D eigenvalue weighted by molar-refractivity contribution is 5.81. The summed E-state index contributed by atoms with van der Waals surface area (Å²) in [6, 6.07) is 20.6. The Morgan fingerprint density at radius 2 is 1.75 bits per heavy atom. The number of ether oxygens (including phenoxy) is 2. The van der Waals surface area contributed by atoms with Crippen LogP contribution in [0.5, 0.6) is 0 Å². The molecule has 24 heavy (non-hydrogen) atoms. The van der Waals surface area contributed by atoms with Crippen molar-refractivity contribution in [1.82, 2.24) is 5.32 Å². The number of carbonyl (C=O) groups is 1. The van der Waals surface area contributed by atoms with Crippen LogP contribution in [0.4, 0.5) is 0 Å². The van der Waals surface area contributed by atoms with E-state index in [9.17, 15) is 4.79 Å². The summed E-state index contributed by atoms with van der Waals surface area (Å²) in [5.74, 6) is 0.130. The number of hydrogen-bond acceptors (Lipinski definition) is 3. The fraction of sp³-hybridized carbons (Fsp3) is 0.350. The molecule has 2 aromatic rings. The van der Waals surface area contributed by atoms with Gasteiger partial charge in [-0.3, -0.25) is 4.79 Å². The number of benzene rings is 2. The van der Waals surface area contributed by atoms with Gasteiger partial charge >= 0.3 is 0 Å². The van der Waals surface area contributed by atoms with Crippen molar-refractivity contribution in [3.63, 3.8) is 0 Å². The van der Waals surface area contributed by atoms with Crippen LogP contribution in [0.3, 0.4) is 0 Å². The van der Waals surface area contributed by atoms with Gasteiger partial charge in [-0.25, -0.2) is 0 Å². The fourth-order valence-electron chi connectivity index (χ4n) is 2.91. The van der Waals surface area contributed by atoms with Crippen molar-refractivity contribution in [2.45, 2.75) is 18.4 Å². The Hall–Kier alpha value is -2.17. The molecule has 0 unspecified atom stereocenters. The number of rotatable bonds is 6. The van der Waals surface area contributed by atoms with Gasteiger partial charge in [-0.05, 0) is 17.5 Å². The molecule has 0 radical (unpaired) electrons. The van der Waals surface area contributed by atoms with Gasteiger partial charge in [0.1, 0.15) is 0 Å². The highest BCUT2D eigenvalue weighted by Crippen LogP contribution is 2.20. The van der Waals surface area contributed by atoms with E-state index in [0.29, 0.717) is 26.4 Å². The average molecular weight is 325 g/mol. The molecule has 126 valence electrons. The summed E-state index contributed by atoms with van der Waals surface area (Å²) in [6.45, 7) is 1.95. The number of hydrogen-bond donors (Lipinski definition) is 1. The third kappa shape index (κ3) is 4.66. The molecule has 0 spiro atoms. The first-order valence-electron chi connectivity index (χ1n) is 8.39. The van der Waals surface area contributed by atoms with Crippen molar-refractivity contribution in [1.29, 1.82) is 0 Å². The van der Waals surface area contributed by atoms with Crippen molar-refractivity contribution in [2.24, 2.45) is 0 Å². The first-order valence-corrected chi connectivity index (χ1v) is 8.39. The van der Waals surface area contributed by atoms with E-state index in [1.807, 2.05) is 36.4 Å². The summed E-state index contributed by atoms with van der Waals surface area (Å²) in [4.78, 5) is 12.3. The predicted molar refractivity (Wildman–Crippen MR) is 92.9 cm³/mol. The molecule has 1 amide bonds. The Balaban J connectivity index is 1.64. The highest BCUT2D eigenvalue weighted by atomic mass is 16.6. The van der Waals surface area contributed by atoms with Crippen LogP contribution in [0.1, 0.15) is 17.0 Å². The zero-order valence-corrected chi connectivity index (χ0v) is 13.7. The molecule has 2 atom stereocenters. The van der Waals surface area contributed by atoms with E-state index in [-0.39, 0.29) is 11.8 Å². The molecule has 1 fully saturated rings. The summed E-state index contributed by atoms with van der Waals surface area (Å²) in [5.41, 5.74) is 2.49. The normalized spacial score (nSPS) is 18.8. The molecule has 3 rings (SSSR count). The minimum absolute atomic E-state index is 0.0938. The van der Waals surface area contributed by atoms with E-state index < -0.39 is 6.10 Å². The van der Waals surface area contributed by atoms with Gasteiger partial charge in [0.05, 0.1) is 19.8 Å². The second-order valence-corrected chi connectivity index (χ2v) is 5.98. The predicted octanol–water partition coefficient (Wildman–Crippen LogP) is 2.54. The lowest BCUT2D eigenvalue weighted by atomic mass is 9.92. The summed E-state index contributed by atoms with van der Waals surface area (Å²) in [5, 5.41) is 3.03. The molecule has 4 nitrogen and oxygen atoms in total. The van der Waals surface area contributed by atoms with Gasteiger partial charge in [0.2, 0.25) is 0 Å². The van der Waals surface area contributed by atoms with Gasteiger partial charge in [0.25, 0.3) is 5.91 Å². The van der Waals surface area contributed by atoms with Gasteiger partial charge in [-0.15, -0.1) is 0 Å². The monoisotopic (exact) mass is 325 g/mol. The Morgan fingerprint density at radius 1 is 1.04 bits per heavy atom. The van der Waals surface area contributed by atoms with Crippen LogP contribution in [-0.2, 0) is 20.7 Å². The Kier molecular flexibility index (Phi) is 5.99. The summed E-state index contributed by atoms with van der Waals surface area (Å²) >= 11 is 0. The molecule has 1 aliphatic rings. The molecule has 4 heteroatoms. The molecule has 2 aromatic carbocycles. The van der Waals surface area contributed by atoms with Crippen molar-refractivity contribution < 1.29 is 14.3 Å². The molecule has 1 heterocycles. The topological polar surface area (TPSA) is 47.6 Å². The second-order valence-electron chi connectivity index (χ2n) is 5.98. The molecule has 1 N–H and O–H groups in total. The van der Waals surface area contributed by atoms with E-state index >= 15 is 0 Å². The highest BCUT2D eigenvalue weighted by Gasteiger charge is 2.23. The Labute approximate surface area is 142 Å². The molecule has 1 aliphatic heterocycles. The fourth-order valence-corrected chi connectivity index (χ4v) is 2.91. The second kappa shape index (κ2) is 8.62. The van der Waals surface area contributed by atoms with Crippen LogP contribution in [0.15, 0.2) is 60.7 Å². The SMILES string of the molecule is O=C(NC[C@H](Cc1ccccc1)c1ccccc1)[C@@H]1COCCO1. The van der Waals surface area contributed by atoms with Crippen molar-refractivity contribution >= 4 is 5.91 Å². The van der Waals surface area contributed by atoms with E-state index in [2.05, 4.69) is 29.6 Å². The Bertz CT molecular complexity index is 624. The minimum Gasteiger partial charge on any atom is -0.376 e. The molecule has 1 saturated heterocycles. The largest absolute Gasteiger partial charge is 0.376 e. The molecule has 0 saturated carbocycles. The lowest BCUT2D eigenvalue weighted by molar-refractivity contribution is -0.147. The van der Waals surface area contributed by atoms with Crippen LogP contribution < -0.4 is 5.32 Å². The molecular weight excluding hydrogens is 302 g/mol. The zero-order valence-electron chi connectivity index (χ0n) is 13.7. The summed E-state index contributed by atoms with van der Waals surface area (Å²) in [7, 11) is 0. The van der Waals surface area contributed by atoms with Crippen LogP contribution in [-0.4, -0.2) is 38.4 Å². The molecule has 0 aromatic heterocycles. The summed E-state index contributed by atoms with van der Waals surface area (Å²) in [6.07, 6.45) is 0.388. The third-order valence-corrected chi connectivity index (χ3v) is 4.23. The molecular formula is C20H23NO3. The number of amides is 1. The number of nitrogens with one attached hydrogen (secondary N) is 1. The van der Waals surface area contributed by atoms with Gasteiger partial charge in [-0.1, -0.05) is 60.7 Å². The standard InChI is InChI=1S/C20H23NO3/c22-20(19-15-23-11-12-24-19)21-14-18(17-9-5-2-6-10-17)13-16-7-3-1-4-8-16/h1-10,18-19H,11-15H2,(H,21,22)/t18-,19-/m0/s1. The maximum absolute atomic E-state index is 12.3. The van der Waals surface area contributed by atoms with Crippen LogP contribution >= 0.6 is 0 Å². The quantitative estimate of drug-likeness (QED) is 0.888. The van der Waals surface area contributed by atoms with E-state index in [1.54, 1.807) is 0 Å². The number of carbonyl (C=O) groups excluding carboxylic acids is 1. The van der Waals surface area contributed by atoms with Gasteiger partial charge in [0.15, 0.2) is 6.10 Å². The lowest BCUT2D eigenvalue weighted by Crippen LogP contribution is -2.44. The average Bonchev–Trinajstić information content (AvgIpc) is 2.67. The first-order chi connectivity index (χ1) is 11.8. The summed E-state index contributed by atoms with van der Waals surface area (Å²) < 4.78 is 10.8. The maximum Gasteiger partial charge on any atom is 0.251 e. The molecule has 0 bridgehead atoms. The lowest BCUT2D eigenvalue weighted by Gasteiger charge is -2.24. The third-order valence-electron chi connectivity index (χ3n) is 4.23. The Morgan fingerprint density at radius 3 is 2.42 bits per heavy atom. The van der Waals surface area contributed by atoms with Crippen LogP contribution in [0.25, 0.3) is 0 Å². The van der Waals surface area contributed by atoms with Gasteiger partial charge in [-0.2, -0.15) is 0 Å². The van der Waals surface area contributed by atoms with Crippen molar-refractivity contribution in [2.75, 3.05) is 26.4 Å². The van der Waals surface area contributed by atoms with E-state index in [4.69, 9.17) is 9.47 Å². The van der Waals surface area contributed by atoms with Crippen molar-refractivity contribution in [3.05, 3.63) is 71.8 Å². The van der Waals surface area contributed by atoms with Gasteiger partial charge < -0.3 is 14.8 Å². The van der Waals surface area contributed by atoms with Gasteiger partial charge in [0, 0.05) is 12.5 Å².